The van der Waals surface area contributed by atoms with Gasteiger partial charge in [0.15, 0.2) is 21.3 Å². The van der Waals surface area contributed by atoms with Gasteiger partial charge in [0, 0.05) is 0 Å². The number of ether oxygens (including phenoxy) is 3. The van der Waals surface area contributed by atoms with Gasteiger partial charge in [0.1, 0.15) is 17.6 Å². The summed E-state index contributed by atoms with van der Waals surface area (Å²) in [6.07, 6.45) is 3.29. The summed E-state index contributed by atoms with van der Waals surface area (Å²) >= 11 is 2.08. The Bertz CT molecular complexity index is 1190. The van der Waals surface area contributed by atoms with Crippen LogP contribution >= 0.6 is 22.6 Å². The number of halogens is 1. The van der Waals surface area contributed by atoms with E-state index in [1.807, 2.05) is 43.3 Å². The third-order valence-corrected chi connectivity index (χ3v) is 8.83. The monoisotopic (exact) mass is 582 g/mol. The molecule has 0 spiro atoms. The minimum atomic E-state index is -3.25. The van der Waals surface area contributed by atoms with E-state index in [1.165, 1.54) is 7.11 Å². The Balaban J connectivity index is 1.47. The lowest BCUT2D eigenvalue weighted by Gasteiger charge is -2.15. The number of phenolic OH excluding ortho intramolecular Hbond substituents is 1. The number of rotatable bonds is 8. The molecule has 2 aliphatic heterocycles. The molecule has 1 N–H and O–H groups in total. The molecular formula is C25H27IO6S. The van der Waals surface area contributed by atoms with Gasteiger partial charge in [-0.1, -0.05) is 29.8 Å². The molecule has 0 aliphatic carbocycles. The van der Waals surface area contributed by atoms with E-state index in [2.05, 4.69) is 28.7 Å². The first-order valence-corrected chi connectivity index (χ1v) is 13.5. The van der Waals surface area contributed by atoms with Crippen molar-refractivity contribution >= 4 is 38.5 Å². The molecule has 1 fully saturated rings. The van der Waals surface area contributed by atoms with E-state index in [0.29, 0.717) is 12.2 Å². The van der Waals surface area contributed by atoms with Crippen molar-refractivity contribution < 1.29 is 27.7 Å². The van der Waals surface area contributed by atoms with Crippen LogP contribution in [0.3, 0.4) is 0 Å². The summed E-state index contributed by atoms with van der Waals surface area (Å²) < 4.78 is 43.1. The van der Waals surface area contributed by atoms with Crippen LogP contribution in [0.1, 0.15) is 25.3 Å². The number of para-hydroxylation sites is 1. The largest absolute Gasteiger partial charge is 0.504 e. The average molecular weight is 582 g/mol. The van der Waals surface area contributed by atoms with Crippen molar-refractivity contribution in [1.82, 2.24) is 0 Å². The molecule has 33 heavy (non-hydrogen) atoms. The molecule has 2 aromatic rings. The fraction of sp³-hybridized carbons (Fsp3) is 0.360. The van der Waals surface area contributed by atoms with E-state index < -0.39 is 15.1 Å². The van der Waals surface area contributed by atoms with Crippen LogP contribution in [0.2, 0.25) is 0 Å². The first-order chi connectivity index (χ1) is 15.8. The molecule has 0 aromatic heterocycles. The summed E-state index contributed by atoms with van der Waals surface area (Å²) in [7, 11) is -1.72. The second-order valence-electron chi connectivity index (χ2n) is 8.36. The van der Waals surface area contributed by atoms with Gasteiger partial charge in [-0.2, -0.15) is 0 Å². The molecule has 4 rings (SSSR count). The van der Waals surface area contributed by atoms with Crippen molar-refractivity contribution in [1.29, 1.82) is 0 Å². The van der Waals surface area contributed by atoms with Crippen LogP contribution in [0, 0.1) is 3.57 Å². The Hall–Kier alpha value is -2.04. The van der Waals surface area contributed by atoms with E-state index in [9.17, 15) is 13.5 Å². The highest BCUT2D eigenvalue weighted by Crippen LogP contribution is 2.39. The van der Waals surface area contributed by atoms with Crippen LogP contribution < -0.4 is 9.47 Å². The Kier molecular flexibility index (Phi) is 7.35. The second kappa shape index (κ2) is 10.1. The highest BCUT2D eigenvalue weighted by Gasteiger charge is 2.46. The third-order valence-electron chi connectivity index (χ3n) is 6.00. The van der Waals surface area contributed by atoms with Gasteiger partial charge in [0.05, 0.1) is 29.1 Å². The summed E-state index contributed by atoms with van der Waals surface area (Å²) in [6.45, 7) is 2.51. The molecule has 0 unspecified atom stereocenters. The van der Waals surface area contributed by atoms with Crippen LogP contribution in [0.5, 0.6) is 17.2 Å². The van der Waals surface area contributed by atoms with E-state index in [-0.39, 0.29) is 30.8 Å². The predicted octanol–water partition coefficient (Wildman–Crippen LogP) is 4.76. The summed E-state index contributed by atoms with van der Waals surface area (Å²) in [5.74, 6) is 1.34. The van der Waals surface area contributed by atoms with Crippen LogP contribution in [-0.2, 0) is 14.6 Å². The number of allylic oxidation sites excluding steroid dienone is 1. The minimum absolute atomic E-state index is 0.0419. The number of fused-ring (bicyclic) bond motifs is 1. The highest BCUT2D eigenvalue weighted by atomic mass is 127. The smallest absolute Gasteiger partial charge is 0.171 e. The van der Waals surface area contributed by atoms with Crippen molar-refractivity contribution in [3.63, 3.8) is 0 Å². The Morgan fingerprint density at radius 2 is 2.03 bits per heavy atom. The van der Waals surface area contributed by atoms with Crippen LogP contribution in [-0.4, -0.2) is 51.0 Å². The number of hydrogen-bond acceptors (Lipinski definition) is 6. The average Bonchev–Trinajstić information content (AvgIpc) is 3.33. The van der Waals surface area contributed by atoms with Crippen LogP contribution in [0.15, 0.2) is 59.2 Å². The van der Waals surface area contributed by atoms with Crippen molar-refractivity contribution in [3.8, 4) is 17.2 Å². The topological polar surface area (TPSA) is 82.1 Å². The second-order valence-corrected chi connectivity index (χ2v) is 11.7. The van der Waals surface area contributed by atoms with Crippen molar-refractivity contribution in [3.05, 3.63) is 68.3 Å². The number of sulfone groups is 1. The van der Waals surface area contributed by atoms with Gasteiger partial charge in [0.2, 0.25) is 0 Å². The molecular weight excluding hydrogens is 555 g/mol. The molecule has 2 atom stereocenters. The zero-order valence-corrected chi connectivity index (χ0v) is 21.6. The maximum absolute atomic E-state index is 12.7. The first kappa shape index (κ1) is 24.1. The maximum atomic E-state index is 12.7. The van der Waals surface area contributed by atoms with E-state index in [1.54, 1.807) is 6.07 Å². The maximum Gasteiger partial charge on any atom is 0.171 e. The van der Waals surface area contributed by atoms with E-state index in [4.69, 9.17) is 14.2 Å². The number of aromatic hydroxyl groups is 1. The Labute approximate surface area is 208 Å². The van der Waals surface area contributed by atoms with Gasteiger partial charge >= 0.3 is 0 Å². The van der Waals surface area contributed by atoms with Crippen LogP contribution in [0.25, 0.3) is 6.08 Å². The summed E-state index contributed by atoms with van der Waals surface area (Å²) in [5, 5.41) is 9.49. The van der Waals surface area contributed by atoms with Gasteiger partial charge in [-0.15, -0.1) is 0 Å². The molecule has 1 saturated heterocycles. The lowest BCUT2D eigenvalue weighted by Crippen LogP contribution is -2.19. The summed E-state index contributed by atoms with van der Waals surface area (Å²) in [4.78, 5) is 0. The van der Waals surface area contributed by atoms with Gasteiger partial charge in [-0.3, -0.25) is 0 Å². The van der Waals surface area contributed by atoms with E-state index >= 15 is 0 Å². The fourth-order valence-electron chi connectivity index (χ4n) is 4.37. The normalized spacial score (nSPS) is 21.8. The standard InChI is InChI=1S/C25H27IO6S/c1-16(10-17-11-20(26)25(27)22(12-17)30-2)8-9-21-24-18(13-31-19-6-4-3-5-7-19)15-33(28,29)23(24)14-32-21/h3-7,10-12,21,23,27H,8-9,13-15H2,1-2H3/b16-10+/t21-,23+/m1/s1. The van der Waals surface area contributed by atoms with Crippen LogP contribution in [0.4, 0.5) is 0 Å². The number of phenols is 1. The van der Waals surface area contributed by atoms with E-state index in [0.717, 1.165) is 38.0 Å². The SMILES string of the molecule is COc1cc(/C=C(\C)CC[C@H]2OC[C@H]3C2=C(COc2ccccc2)CS3(=O)=O)cc(I)c1O. The summed E-state index contributed by atoms with van der Waals surface area (Å²) in [6, 6.07) is 13.1. The number of hydrogen-bond donors (Lipinski definition) is 1. The molecule has 2 heterocycles. The lowest BCUT2D eigenvalue weighted by atomic mass is 9.97. The van der Waals surface area contributed by atoms with Gasteiger partial charge in [-0.25, -0.2) is 8.42 Å². The summed E-state index contributed by atoms with van der Waals surface area (Å²) in [5.41, 5.74) is 3.79. The molecule has 8 heteroatoms. The molecule has 0 saturated carbocycles. The molecule has 0 amide bonds. The van der Waals surface area contributed by atoms with Gasteiger partial charge < -0.3 is 19.3 Å². The highest BCUT2D eigenvalue weighted by molar-refractivity contribution is 14.1. The Morgan fingerprint density at radius 1 is 1.27 bits per heavy atom. The van der Waals surface area contributed by atoms with Gasteiger partial charge in [0.25, 0.3) is 0 Å². The van der Waals surface area contributed by atoms with Crippen molar-refractivity contribution in [2.45, 2.75) is 31.1 Å². The first-order valence-electron chi connectivity index (χ1n) is 10.7. The quantitative estimate of drug-likeness (QED) is 0.357. The molecule has 2 aromatic carbocycles. The third kappa shape index (κ3) is 5.38. The van der Waals surface area contributed by atoms with Gasteiger partial charge in [-0.05, 0) is 83.3 Å². The zero-order chi connectivity index (χ0) is 23.6. The number of methoxy groups -OCH3 is 1. The molecule has 6 nitrogen and oxygen atoms in total. The zero-order valence-electron chi connectivity index (χ0n) is 18.6. The number of benzene rings is 2. The lowest BCUT2D eigenvalue weighted by molar-refractivity contribution is 0.117. The van der Waals surface area contributed by atoms with Crippen molar-refractivity contribution in [2.24, 2.45) is 0 Å². The Morgan fingerprint density at radius 3 is 2.76 bits per heavy atom. The molecule has 2 aliphatic rings. The predicted molar refractivity (Wildman–Crippen MR) is 137 cm³/mol. The molecule has 0 bridgehead atoms. The minimum Gasteiger partial charge on any atom is -0.504 e. The van der Waals surface area contributed by atoms with Crippen molar-refractivity contribution in [2.75, 3.05) is 26.1 Å². The molecule has 176 valence electrons. The molecule has 0 radical (unpaired) electrons. The fourth-order valence-corrected chi connectivity index (χ4v) is 6.92.